The summed E-state index contributed by atoms with van der Waals surface area (Å²) in [6, 6.07) is 9.56. The maximum absolute atomic E-state index is 12.1. The van der Waals surface area contributed by atoms with E-state index in [4.69, 9.17) is 30.5 Å². The molecule has 3 aromatic heterocycles. The van der Waals surface area contributed by atoms with Crippen LogP contribution in [0.4, 0.5) is 5.82 Å². The predicted molar refractivity (Wildman–Crippen MR) is 158 cm³/mol. The number of ether oxygens (including phenoxy) is 4. The van der Waals surface area contributed by atoms with Gasteiger partial charge in [-0.05, 0) is 18.5 Å². The van der Waals surface area contributed by atoms with E-state index < -0.39 is 42.4 Å². The van der Waals surface area contributed by atoms with E-state index in [9.17, 15) is 14.4 Å². The second kappa shape index (κ2) is 13.6. The van der Waals surface area contributed by atoms with Crippen molar-refractivity contribution >= 4 is 58.3 Å². The van der Waals surface area contributed by atoms with E-state index in [1.807, 2.05) is 37.3 Å². The van der Waals surface area contributed by atoms with Crippen LogP contribution in [0.3, 0.4) is 0 Å². The Morgan fingerprint density at radius 3 is 2.50 bits per heavy atom. The highest BCUT2D eigenvalue weighted by atomic mass is 35.5. The van der Waals surface area contributed by atoms with Gasteiger partial charge in [-0.25, -0.2) is 9.97 Å². The van der Waals surface area contributed by atoms with Crippen molar-refractivity contribution in [3.8, 4) is 11.4 Å². The van der Waals surface area contributed by atoms with E-state index in [2.05, 4.69) is 35.5 Å². The molecule has 0 aliphatic carbocycles. The number of imidazole rings is 1. The van der Waals surface area contributed by atoms with Crippen molar-refractivity contribution in [2.75, 3.05) is 17.7 Å². The topological polar surface area (TPSA) is 185 Å². The standard InChI is InChI=1S/C27H29ClN8O7S/c1-13(11-44-27-32-22(34-35-27)17-8-6-5-7-9-17)30-23-19-24(33-26(28)31-23)36(12-29-19)25-21(42-16(4)39)20(41-15(3)38)18(43-25)10-40-14(2)37/h5-9,12-13,18,20-21,25H,10-11H2,1-4H3,(H,30,31,33)(H,32,34,35)/t13-,18-,20-,21-,25-/m1/s1. The van der Waals surface area contributed by atoms with Gasteiger partial charge in [0.05, 0.1) is 6.33 Å². The van der Waals surface area contributed by atoms with Crippen LogP contribution in [-0.2, 0) is 33.3 Å². The van der Waals surface area contributed by atoms with Gasteiger partial charge in [0, 0.05) is 38.1 Å². The zero-order valence-corrected chi connectivity index (χ0v) is 25.7. The summed E-state index contributed by atoms with van der Waals surface area (Å²) in [7, 11) is 0. The van der Waals surface area contributed by atoms with Crippen molar-refractivity contribution in [2.45, 2.75) is 63.4 Å². The van der Waals surface area contributed by atoms with Gasteiger partial charge in [0.25, 0.3) is 0 Å². The van der Waals surface area contributed by atoms with Gasteiger partial charge < -0.3 is 24.3 Å². The highest BCUT2D eigenvalue weighted by Crippen LogP contribution is 2.37. The molecule has 0 unspecified atom stereocenters. The summed E-state index contributed by atoms with van der Waals surface area (Å²) in [6.45, 7) is 5.37. The molecule has 5 atom stereocenters. The number of halogens is 1. The van der Waals surface area contributed by atoms with Crippen LogP contribution < -0.4 is 5.32 Å². The second-order valence-corrected chi connectivity index (χ2v) is 11.2. The monoisotopic (exact) mass is 644 g/mol. The first kappa shape index (κ1) is 31.2. The van der Waals surface area contributed by atoms with Crippen LogP contribution in [0.1, 0.15) is 33.9 Å². The predicted octanol–water partition coefficient (Wildman–Crippen LogP) is 3.18. The second-order valence-electron chi connectivity index (χ2n) is 9.87. The fourth-order valence-electron chi connectivity index (χ4n) is 4.60. The van der Waals surface area contributed by atoms with Gasteiger partial charge in [0.15, 0.2) is 41.2 Å². The van der Waals surface area contributed by atoms with Crippen LogP contribution in [-0.4, -0.2) is 89.3 Å². The summed E-state index contributed by atoms with van der Waals surface area (Å²) in [5.74, 6) is -0.208. The van der Waals surface area contributed by atoms with E-state index in [1.165, 1.54) is 43.4 Å². The number of rotatable bonds is 11. The van der Waals surface area contributed by atoms with E-state index in [0.717, 1.165) is 5.56 Å². The lowest BCUT2D eigenvalue weighted by Gasteiger charge is -2.23. The maximum atomic E-state index is 12.1. The minimum absolute atomic E-state index is 0.0712. The first-order valence-electron chi connectivity index (χ1n) is 13.5. The molecular weight excluding hydrogens is 616 g/mol. The summed E-state index contributed by atoms with van der Waals surface area (Å²) in [5.41, 5.74) is 1.57. The Bertz CT molecular complexity index is 1650. The number of nitrogens with zero attached hydrogens (tertiary/aromatic N) is 6. The van der Waals surface area contributed by atoms with E-state index in [-0.39, 0.29) is 23.6 Å². The van der Waals surface area contributed by atoms with Crippen molar-refractivity contribution in [3.05, 3.63) is 41.9 Å². The summed E-state index contributed by atoms with van der Waals surface area (Å²) < 4.78 is 23.7. The first-order valence-corrected chi connectivity index (χ1v) is 14.9. The van der Waals surface area contributed by atoms with Crippen molar-refractivity contribution in [1.82, 2.24) is 34.7 Å². The molecule has 15 nitrogen and oxygen atoms in total. The third kappa shape index (κ3) is 7.26. The third-order valence-electron chi connectivity index (χ3n) is 6.37. The average molecular weight is 645 g/mol. The number of hydrogen-bond acceptors (Lipinski definition) is 14. The fourth-order valence-corrected chi connectivity index (χ4v) is 5.52. The Balaban J connectivity index is 1.36. The molecule has 0 bridgehead atoms. The van der Waals surface area contributed by atoms with Gasteiger partial charge >= 0.3 is 17.9 Å². The number of fused-ring (bicyclic) bond motifs is 1. The molecule has 2 N–H and O–H groups in total. The Morgan fingerprint density at radius 1 is 1.07 bits per heavy atom. The molecule has 4 heterocycles. The van der Waals surface area contributed by atoms with Gasteiger partial charge in [-0.15, -0.1) is 5.10 Å². The minimum Gasteiger partial charge on any atom is -0.463 e. The van der Waals surface area contributed by atoms with Crippen molar-refractivity contribution in [1.29, 1.82) is 0 Å². The third-order valence-corrected chi connectivity index (χ3v) is 7.64. The number of hydrogen-bond donors (Lipinski definition) is 2. The van der Waals surface area contributed by atoms with Crippen LogP contribution in [0, 0.1) is 0 Å². The molecule has 5 rings (SSSR count). The highest BCUT2D eigenvalue weighted by Gasteiger charge is 2.51. The fraction of sp³-hybridized carbons (Fsp3) is 0.407. The molecule has 0 saturated carbocycles. The van der Waals surface area contributed by atoms with Gasteiger partial charge in [0.2, 0.25) is 10.4 Å². The summed E-state index contributed by atoms with van der Waals surface area (Å²) >= 11 is 7.78. The molecule has 0 radical (unpaired) electrons. The molecule has 1 fully saturated rings. The van der Waals surface area contributed by atoms with Crippen LogP contribution in [0.5, 0.6) is 0 Å². The smallest absolute Gasteiger partial charge is 0.303 e. The maximum Gasteiger partial charge on any atom is 0.303 e. The molecule has 1 aromatic carbocycles. The first-order chi connectivity index (χ1) is 21.1. The van der Waals surface area contributed by atoms with Crippen LogP contribution in [0.15, 0.2) is 41.8 Å². The van der Waals surface area contributed by atoms with Gasteiger partial charge in [-0.2, -0.15) is 9.97 Å². The molecule has 4 aromatic rings. The Kier molecular flexibility index (Phi) is 9.61. The molecule has 0 amide bonds. The quantitative estimate of drug-likeness (QED) is 0.105. The highest BCUT2D eigenvalue weighted by molar-refractivity contribution is 7.99. The van der Waals surface area contributed by atoms with Crippen LogP contribution in [0.25, 0.3) is 22.6 Å². The van der Waals surface area contributed by atoms with E-state index in [0.29, 0.717) is 28.1 Å². The molecule has 17 heteroatoms. The SMILES string of the molecule is CC(=O)OC[C@H]1O[C@@H](n2cnc3c(N[C@H](C)CSc4n[nH]c(-c5ccccc5)n4)nc(Cl)nc32)[C@H](OC(C)=O)[C@@H]1OC(C)=O. The number of aromatic amines is 1. The largest absolute Gasteiger partial charge is 0.463 e. The van der Waals surface area contributed by atoms with Crippen LogP contribution >= 0.6 is 23.4 Å². The van der Waals surface area contributed by atoms with Crippen molar-refractivity contribution < 1.29 is 33.3 Å². The minimum atomic E-state index is -1.11. The zero-order chi connectivity index (χ0) is 31.4. The lowest BCUT2D eigenvalue weighted by atomic mass is 10.1. The van der Waals surface area contributed by atoms with Crippen molar-refractivity contribution in [3.63, 3.8) is 0 Å². The Labute approximate surface area is 260 Å². The summed E-state index contributed by atoms with van der Waals surface area (Å²) in [5, 5.41) is 11.1. The number of H-pyrrole nitrogens is 1. The summed E-state index contributed by atoms with van der Waals surface area (Å²) in [4.78, 5) is 53.2. The molecule has 0 spiro atoms. The number of benzene rings is 1. The Hall–Kier alpha value is -4.28. The number of carbonyl (C=O) groups excluding carboxylic acids is 3. The molecule has 1 saturated heterocycles. The van der Waals surface area contributed by atoms with E-state index in [1.54, 1.807) is 0 Å². The summed E-state index contributed by atoms with van der Waals surface area (Å²) in [6.07, 6.45) is -2.76. The number of anilines is 1. The number of nitrogens with one attached hydrogen (secondary N) is 2. The van der Waals surface area contributed by atoms with Crippen molar-refractivity contribution in [2.24, 2.45) is 0 Å². The lowest BCUT2D eigenvalue weighted by molar-refractivity contribution is -0.166. The lowest BCUT2D eigenvalue weighted by Crippen LogP contribution is -2.40. The number of aromatic nitrogens is 7. The molecule has 44 heavy (non-hydrogen) atoms. The number of thioether (sulfide) groups is 1. The van der Waals surface area contributed by atoms with E-state index >= 15 is 0 Å². The molecule has 1 aliphatic heterocycles. The van der Waals surface area contributed by atoms with Gasteiger partial charge in [-0.3, -0.25) is 24.0 Å². The number of carbonyl (C=O) groups is 3. The Morgan fingerprint density at radius 2 is 1.80 bits per heavy atom. The van der Waals surface area contributed by atoms with Gasteiger partial charge in [0.1, 0.15) is 12.7 Å². The van der Waals surface area contributed by atoms with Gasteiger partial charge in [-0.1, -0.05) is 42.1 Å². The average Bonchev–Trinajstić information content (AvgIpc) is 3.69. The number of esters is 3. The normalized spacial score (nSPS) is 20.3. The zero-order valence-electron chi connectivity index (χ0n) is 24.1. The molecular formula is C27H29ClN8O7S. The molecule has 1 aliphatic rings. The van der Waals surface area contributed by atoms with Crippen LogP contribution in [0.2, 0.25) is 5.28 Å². The molecule has 232 valence electrons.